The number of nitrogens with one attached hydrogen (secondary N) is 1. The van der Waals surface area contributed by atoms with E-state index in [1.54, 1.807) is 36.7 Å². The molecule has 2 aromatic heterocycles. The summed E-state index contributed by atoms with van der Waals surface area (Å²) in [6.45, 7) is 0. The van der Waals surface area contributed by atoms with Crippen molar-refractivity contribution >= 4 is 23.0 Å². The molecule has 2 heterocycles. The predicted octanol–water partition coefficient (Wildman–Crippen LogP) is 4.34. The molecule has 0 aliphatic heterocycles. The van der Waals surface area contributed by atoms with Crippen LogP contribution in [0, 0.1) is 11.6 Å². The average Bonchev–Trinajstić information content (AvgIpc) is 2.76. The van der Waals surface area contributed by atoms with E-state index in [1.807, 2.05) is 18.2 Å². The second-order valence-corrected chi connectivity index (χ2v) is 6.18. The minimum absolute atomic E-state index is 0.321. The number of para-hydroxylation sites is 1. The summed E-state index contributed by atoms with van der Waals surface area (Å²) in [7, 11) is 0. The van der Waals surface area contributed by atoms with Gasteiger partial charge in [0.1, 0.15) is 0 Å². The SMILES string of the molecule is O=C(N/N=C/c1ccc(F)c(F)c1)c1cc(-c2ccncc2)nc2ccccc12. The highest BCUT2D eigenvalue weighted by Crippen LogP contribution is 2.24. The van der Waals surface area contributed by atoms with E-state index in [9.17, 15) is 13.6 Å². The topological polar surface area (TPSA) is 67.2 Å². The summed E-state index contributed by atoms with van der Waals surface area (Å²) in [6, 6.07) is 15.9. The molecule has 2 aromatic carbocycles. The highest BCUT2D eigenvalue weighted by atomic mass is 19.2. The van der Waals surface area contributed by atoms with Crippen LogP contribution in [-0.2, 0) is 0 Å². The number of hydrogen-bond acceptors (Lipinski definition) is 4. The highest BCUT2D eigenvalue weighted by Gasteiger charge is 2.13. The summed E-state index contributed by atoms with van der Waals surface area (Å²) in [5, 5.41) is 4.53. The molecule has 0 radical (unpaired) electrons. The van der Waals surface area contributed by atoms with Crippen LogP contribution in [0.1, 0.15) is 15.9 Å². The van der Waals surface area contributed by atoms with Crippen molar-refractivity contribution in [2.75, 3.05) is 0 Å². The van der Waals surface area contributed by atoms with E-state index in [1.165, 1.54) is 12.3 Å². The molecule has 0 bridgehead atoms. The molecule has 0 spiro atoms. The van der Waals surface area contributed by atoms with Crippen molar-refractivity contribution in [2.45, 2.75) is 0 Å². The van der Waals surface area contributed by atoms with Crippen molar-refractivity contribution in [3.63, 3.8) is 0 Å². The first-order valence-electron chi connectivity index (χ1n) is 8.70. The summed E-state index contributed by atoms with van der Waals surface area (Å²) in [5.41, 5.74) is 5.25. The quantitative estimate of drug-likeness (QED) is 0.418. The van der Waals surface area contributed by atoms with Gasteiger partial charge in [0.15, 0.2) is 11.6 Å². The third-order valence-electron chi connectivity index (χ3n) is 4.26. The van der Waals surface area contributed by atoms with Crippen LogP contribution in [-0.4, -0.2) is 22.1 Å². The van der Waals surface area contributed by atoms with Gasteiger partial charge in [-0.3, -0.25) is 9.78 Å². The number of fused-ring (bicyclic) bond motifs is 1. The molecule has 0 saturated heterocycles. The van der Waals surface area contributed by atoms with Gasteiger partial charge >= 0.3 is 0 Å². The van der Waals surface area contributed by atoms with Crippen molar-refractivity contribution in [2.24, 2.45) is 5.10 Å². The van der Waals surface area contributed by atoms with E-state index in [2.05, 4.69) is 20.5 Å². The number of carbonyl (C=O) groups is 1. The fourth-order valence-corrected chi connectivity index (χ4v) is 2.85. The molecule has 4 rings (SSSR count). The zero-order chi connectivity index (χ0) is 20.2. The summed E-state index contributed by atoms with van der Waals surface area (Å²) >= 11 is 0. The number of pyridine rings is 2. The van der Waals surface area contributed by atoms with E-state index in [0.717, 1.165) is 17.7 Å². The monoisotopic (exact) mass is 388 g/mol. The van der Waals surface area contributed by atoms with Gasteiger partial charge in [-0.15, -0.1) is 0 Å². The third-order valence-corrected chi connectivity index (χ3v) is 4.26. The number of halogens is 2. The Labute approximate surface area is 164 Å². The molecule has 1 amide bonds. The van der Waals surface area contributed by atoms with Crippen molar-refractivity contribution in [3.8, 4) is 11.3 Å². The van der Waals surface area contributed by atoms with Crippen LogP contribution in [0.2, 0.25) is 0 Å². The Bertz CT molecular complexity index is 1230. The van der Waals surface area contributed by atoms with Gasteiger partial charge in [-0.05, 0) is 42.0 Å². The number of hydrogen-bond donors (Lipinski definition) is 1. The smallest absolute Gasteiger partial charge is 0.267 e. The Balaban J connectivity index is 1.66. The minimum atomic E-state index is -0.984. The summed E-state index contributed by atoms with van der Waals surface area (Å²) in [5.74, 6) is -2.38. The number of benzene rings is 2. The zero-order valence-electron chi connectivity index (χ0n) is 15.0. The Kier molecular flexibility index (Phi) is 5.03. The number of hydrazone groups is 1. The number of nitrogens with zero attached hydrogens (tertiary/aromatic N) is 3. The lowest BCUT2D eigenvalue weighted by Gasteiger charge is -2.09. The van der Waals surface area contributed by atoms with Crippen LogP contribution in [0.15, 0.2) is 78.2 Å². The van der Waals surface area contributed by atoms with Crippen LogP contribution in [0.4, 0.5) is 8.78 Å². The summed E-state index contributed by atoms with van der Waals surface area (Å²) < 4.78 is 26.3. The lowest BCUT2D eigenvalue weighted by molar-refractivity contribution is 0.0956. The van der Waals surface area contributed by atoms with Crippen molar-refractivity contribution in [3.05, 3.63) is 95.8 Å². The molecule has 0 aliphatic carbocycles. The van der Waals surface area contributed by atoms with E-state index >= 15 is 0 Å². The van der Waals surface area contributed by atoms with Gasteiger partial charge in [-0.2, -0.15) is 5.10 Å². The van der Waals surface area contributed by atoms with E-state index in [-0.39, 0.29) is 0 Å². The molecule has 1 N–H and O–H groups in total. The highest BCUT2D eigenvalue weighted by molar-refractivity contribution is 6.07. The second-order valence-electron chi connectivity index (χ2n) is 6.18. The van der Waals surface area contributed by atoms with Crippen LogP contribution in [0.5, 0.6) is 0 Å². The van der Waals surface area contributed by atoms with Crippen LogP contribution in [0.25, 0.3) is 22.2 Å². The number of rotatable bonds is 4. The predicted molar refractivity (Wildman–Crippen MR) is 106 cm³/mol. The van der Waals surface area contributed by atoms with E-state index < -0.39 is 17.5 Å². The minimum Gasteiger partial charge on any atom is -0.267 e. The average molecular weight is 388 g/mol. The Morgan fingerprint density at radius 2 is 1.76 bits per heavy atom. The molecule has 0 unspecified atom stereocenters. The van der Waals surface area contributed by atoms with Crippen molar-refractivity contribution in [1.29, 1.82) is 0 Å². The Hall–Kier alpha value is -4.00. The lowest BCUT2D eigenvalue weighted by Crippen LogP contribution is -2.18. The molecule has 4 aromatic rings. The normalized spacial score (nSPS) is 11.1. The molecule has 0 atom stereocenters. The lowest BCUT2D eigenvalue weighted by atomic mass is 10.0. The number of aromatic nitrogens is 2. The zero-order valence-corrected chi connectivity index (χ0v) is 15.0. The molecule has 5 nitrogen and oxygen atoms in total. The van der Waals surface area contributed by atoms with Gasteiger partial charge in [0, 0.05) is 23.3 Å². The molecule has 142 valence electrons. The Morgan fingerprint density at radius 1 is 0.966 bits per heavy atom. The summed E-state index contributed by atoms with van der Waals surface area (Å²) in [4.78, 5) is 21.4. The van der Waals surface area contributed by atoms with E-state index in [4.69, 9.17) is 0 Å². The molecular formula is C22H14F2N4O. The summed E-state index contributed by atoms with van der Waals surface area (Å²) in [6.07, 6.45) is 4.55. The third kappa shape index (κ3) is 3.98. The number of amides is 1. The molecule has 0 fully saturated rings. The Morgan fingerprint density at radius 3 is 2.55 bits per heavy atom. The van der Waals surface area contributed by atoms with Crippen LogP contribution < -0.4 is 5.43 Å². The van der Waals surface area contributed by atoms with Crippen molar-refractivity contribution in [1.82, 2.24) is 15.4 Å². The number of carbonyl (C=O) groups excluding carboxylic acids is 1. The van der Waals surface area contributed by atoms with Gasteiger partial charge in [-0.1, -0.05) is 24.3 Å². The first kappa shape index (κ1) is 18.4. The molecule has 0 aliphatic rings. The largest absolute Gasteiger partial charge is 0.272 e. The van der Waals surface area contributed by atoms with Gasteiger partial charge in [0.2, 0.25) is 0 Å². The molecular weight excluding hydrogens is 374 g/mol. The van der Waals surface area contributed by atoms with Gasteiger partial charge in [0.25, 0.3) is 5.91 Å². The van der Waals surface area contributed by atoms with Crippen LogP contribution in [0.3, 0.4) is 0 Å². The maximum absolute atomic E-state index is 13.3. The van der Waals surface area contributed by atoms with Gasteiger partial charge < -0.3 is 0 Å². The maximum atomic E-state index is 13.3. The maximum Gasteiger partial charge on any atom is 0.272 e. The molecule has 7 heteroatoms. The second kappa shape index (κ2) is 7.93. The first-order valence-corrected chi connectivity index (χ1v) is 8.70. The fourth-order valence-electron chi connectivity index (χ4n) is 2.85. The molecule has 0 saturated carbocycles. The van der Waals surface area contributed by atoms with Gasteiger partial charge in [0.05, 0.1) is 23.0 Å². The van der Waals surface area contributed by atoms with E-state index in [0.29, 0.717) is 27.7 Å². The first-order chi connectivity index (χ1) is 14.1. The standard InChI is InChI=1S/C22H14F2N4O/c23-18-6-5-14(11-19(18)24)13-26-28-22(29)17-12-21(15-7-9-25-10-8-15)27-20-4-2-1-3-16(17)20/h1-13H,(H,28,29)/b26-13+. The molecule has 29 heavy (non-hydrogen) atoms. The fraction of sp³-hybridized carbons (Fsp3) is 0. The van der Waals surface area contributed by atoms with Crippen LogP contribution >= 0.6 is 0 Å². The van der Waals surface area contributed by atoms with Crippen molar-refractivity contribution < 1.29 is 13.6 Å². The van der Waals surface area contributed by atoms with Gasteiger partial charge in [-0.25, -0.2) is 19.2 Å².